The highest BCUT2D eigenvalue weighted by atomic mass is 16.5. The van der Waals surface area contributed by atoms with Crippen LogP contribution < -0.4 is 9.47 Å². The van der Waals surface area contributed by atoms with E-state index >= 15 is 0 Å². The van der Waals surface area contributed by atoms with Crippen LogP contribution in [0.2, 0.25) is 0 Å². The summed E-state index contributed by atoms with van der Waals surface area (Å²) >= 11 is 0. The van der Waals surface area contributed by atoms with Crippen molar-refractivity contribution in [3.05, 3.63) is 78.1 Å². The Labute approximate surface area is 157 Å². The average Bonchev–Trinajstić information content (AvgIpc) is 2.73. The fourth-order valence-corrected chi connectivity index (χ4v) is 3.01. The first-order valence-electron chi connectivity index (χ1n) is 8.66. The molecule has 5 nitrogen and oxygen atoms in total. The van der Waals surface area contributed by atoms with Gasteiger partial charge < -0.3 is 9.47 Å². The van der Waals surface area contributed by atoms with Gasteiger partial charge in [-0.3, -0.25) is 0 Å². The van der Waals surface area contributed by atoms with E-state index in [0.29, 0.717) is 12.2 Å². The Kier molecular flexibility index (Phi) is 4.66. The van der Waals surface area contributed by atoms with Gasteiger partial charge in [-0.1, -0.05) is 24.3 Å². The van der Waals surface area contributed by atoms with Gasteiger partial charge in [-0.05, 0) is 36.4 Å². The van der Waals surface area contributed by atoms with E-state index in [-0.39, 0.29) is 0 Å². The molecule has 0 aliphatic heterocycles. The Balaban J connectivity index is 1.68. The fourth-order valence-electron chi connectivity index (χ4n) is 3.01. The van der Waals surface area contributed by atoms with Gasteiger partial charge >= 0.3 is 0 Å². The maximum Gasteiger partial charge on any atom is 0.178 e. The van der Waals surface area contributed by atoms with Crippen LogP contribution in [0.5, 0.6) is 11.5 Å². The molecule has 0 fully saturated rings. The lowest BCUT2D eigenvalue weighted by atomic mass is 10.1. The molecule has 0 N–H and O–H groups in total. The smallest absolute Gasteiger partial charge is 0.178 e. The molecule has 5 heteroatoms. The van der Waals surface area contributed by atoms with E-state index in [0.717, 1.165) is 39.4 Å². The molecule has 0 aliphatic carbocycles. The zero-order valence-corrected chi connectivity index (χ0v) is 15.2. The number of pyridine rings is 1. The average molecular weight is 357 g/mol. The first-order valence-corrected chi connectivity index (χ1v) is 8.66. The summed E-state index contributed by atoms with van der Waals surface area (Å²) in [5.74, 6) is 2.22. The molecule has 0 atom stereocenters. The molecule has 134 valence electrons. The van der Waals surface area contributed by atoms with Gasteiger partial charge in [-0.15, -0.1) is 0 Å². The second kappa shape index (κ2) is 7.41. The van der Waals surface area contributed by atoms with Crippen molar-refractivity contribution in [1.82, 2.24) is 15.0 Å². The van der Waals surface area contributed by atoms with E-state index in [1.165, 1.54) is 0 Å². The predicted molar refractivity (Wildman–Crippen MR) is 105 cm³/mol. The summed E-state index contributed by atoms with van der Waals surface area (Å²) < 4.78 is 10.8. The number of hydrogen-bond donors (Lipinski definition) is 0. The first-order chi connectivity index (χ1) is 13.3. The highest BCUT2D eigenvalue weighted by Crippen LogP contribution is 2.26. The van der Waals surface area contributed by atoms with E-state index in [2.05, 4.69) is 9.97 Å². The van der Waals surface area contributed by atoms with E-state index in [1.807, 2.05) is 66.9 Å². The van der Waals surface area contributed by atoms with Gasteiger partial charge in [-0.25, -0.2) is 15.0 Å². The topological polar surface area (TPSA) is 57.1 Å². The van der Waals surface area contributed by atoms with Crippen molar-refractivity contribution in [1.29, 1.82) is 0 Å². The third-order valence-corrected chi connectivity index (χ3v) is 4.38. The number of rotatable bonds is 5. The van der Waals surface area contributed by atoms with E-state index in [1.54, 1.807) is 14.2 Å². The molecule has 4 rings (SSSR count). The van der Waals surface area contributed by atoms with Gasteiger partial charge in [0.2, 0.25) is 0 Å². The number of ether oxygens (including phenoxy) is 2. The third kappa shape index (κ3) is 3.58. The van der Waals surface area contributed by atoms with Crippen LogP contribution in [0.15, 0.2) is 66.9 Å². The van der Waals surface area contributed by atoms with Crippen LogP contribution in [0.3, 0.4) is 0 Å². The predicted octanol–water partition coefficient (Wildman–Crippen LogP) is 4.30. The number of para-hydroxylation sites is 1. The number of benzene rings is 2. The van der Waals surface area contributed by atoms with Crippen molar-refractivity contribution >= 4 is 10.9 Å². The number of hydrogen-bond acceptors (Lipinski definition) is 5. The summed E-state index contributed by atoms with van der Waals surface area (Å²) in [4.78, 5) is 13.9. The lowest BCUT2D eigenvalue weighted by Gasteiger charge is -2.11. The van der Waals surface area contributed by atoms with Crippen molar-refractivity contribution in [2.24, 2.45) is 0 Å². The minimum atomic E-state index is 0.619. The summed E-state index contributed by atoms with van der Waals surface area (Å²) in [6.07, 6.45) is 2.46. The number of fused-ring (bicyclic) bond motifs is 1. The summed E-state index contributed by atoms with van der Waals surface area (Å²) in [5.41, 5.74) is 3.58. The molecule has 2 aromatic carbocycles. The van der Waals surface area contributed by atoms with Crippen LogP contribution in [0.25, 0.3) is 22.4 Å². The van der Waals surface area contributed by atoms with Crippen LogP contribution in [0, 0.1) is 0 Å². The highest BCUT2D eigenvalue weighted by molar-refractivity contribution is 5.79. The van der Waals surface area contributed by atoms with Crippen LogP contribution in [0.4, 0.5) is 0 Å². The molecule has 0 bridgehead atoms. The Bertz CT molecular complexity index is 1100. The Morgan fingerprint density at radius 1 is 0.852 bits per heavy atom. The zero-order valence-electron chi connectivity index (χ0n) is 15.2. The summed E-state index contributed by atoms with van der Waals surface area (Å²) in [6, 6.07) is 19.6. The molecule has 0 radical (unpaired) electrons. The molecule has 0 saturated carbocycles. The van der Waals surface area contributed by atoms with Crippen LogP contribution in [-0.4, -0.2) is 29.2 Å². The Hall–Kier alpha value is -3.47. The van der Waals surface area contributed by atoms with Gasteiger partial charge in [0, 0.05) is 29.3 Å². The molecule has 0 amide bonds. The quantitative estimate of drug-likeness (QED) is 0.533. The van der Waals surface area contributed by atoms with E-state index in [9.17, 15) is 0 Å². The molecule has 0 unspecified atom stereocenters. The third-order valence-electron chi connectivity index (χ3n) is 4.38. The first kappa shape index (κ1) is 17.0. The normalized spacial score (nSPS) is 10.7. The Morgan fingerprint density at radius 2 is 1.74 bits per heavy atom. The fraction of sp³-hybridized carbons (Fsp3) is 0.136. The van der Waals surface area contributed by atoms with Crippen LogP contribution in [0.1, 0.15) is 11.3 Å². The molecule has 0 aliphatic rings. The molecule has 2 heterocycles. The lowest BCUT2D eigenvalue weighted by Crippen LogP contribution is -1.99. The van der Waals surface area contributed by atoms with Crippen LogP contribution in [-0.2, 0) is 6.42 Å². The number of aromatic nitrogens is 3. The van der Waals surface area contributed by atoms with Crippen molar-refractivity contribution in [3.63, 3.8) is 0 Å². The van der Waals surface area contributed by atoms with Crippen molar-refractivity contribution in [2.75, 3.05) is 14.2 Å². The Morgan fingerprint density at radius 3 is 2.59 bits per heavy atom. The van der Waals surface area contributed by atoms with Gasteiger partial charge in [0.05, 0.1) is 19.7 Å². The standard InChI is InChI=1S/C22H19N3O2/c1-26-18-10-11-21(27-2)16(13-18)12-17-7-5-9-20(24-17)22-23-14-15-6-3-4-8-19(15)25-22/h3-11,13-14H,12H2,1-2H3. The van der Waals surface area contributed by atoms with E-state index < -0.39 is 0 Å². The van der Waals surface area contributed by atoms with Crippen LogP contribution >= 0.6 is 0 Å². The zero-order chi connectivity index (χ0) is 18.6. The van der Waals surface area contributed by atoms with Crippen molar-refractivity contribution < 1.29 is 9.47 Å². The van der Waals surface area contributed by atoms with E-state index in [4.69, 9.17) is 14.5 Å². The summed E-state index contributed by atoms with van der Waals surface area (Å²) in [5, 5.41) is 1.01. The van der Waals surface area contributed by atoms with Gasteiger partial charge in [0.15, 0.2) is 5.82 Å². The molecular weight excluding hydrogens is 338 g/mol. The molecule has 2 aromatic heterocycles. The van der Waals surface area contributed by atoms with Crippen molar-refractivity contribution in [3.8, 4) is 23.0 Å². The molecule has 4 aromatic rings. The second-order valence-electron chi connectivity index (χ2n) is 6.12. The van der Waals surface area contributed by atoms with Gasteiger partial charge in [0.1, 0.15) is 17.2 Å². The largest absolute Gasteiger partial charge is 0.497 e. The highest BCUT2D eigenvalue weighted by Gasteiger charge is 2.10. The maximum atomic E-state index is 5.47. The minimum absolute atomic E-state index is 0.619. The molecule has 0 saturated heterocycles. The van der Waals surface area contributed by atoms with Gasteiger partial charge in [0.25, 0.3) is 0 Å². The second-order valence-corrected chi connectivity index (χ2v) is 6.12. The SMILES string of the molecule is COc1ccc(OC)c(Cc2cccc(-c3ncc4ccccc4n3)n2)c1. The maximum absolute atomic E-state index is 5.47. The van der Waals surface area contributed by atoms with Crippen molar-refractivity contribution in [2.45, 2.75) is 6.42 Å². The van der Waals surface area contributed by atoms with Gasteiger partial charge in [-0.2, -0.15) is 0 Å². The summed E-state index contributed by atoms with van der Waals surface area (Å²) in [7, 11) is 3.32. The molecule has 0 spiro atoms. The monoisotopic (exact) mass is 357 g/mol. The molecule has 27 heavy (non-hydrogen) atoms. The summed E-state index contributed by atoms with van der Waals surface area (Å²) in [6.45, 7) is 0. The molecular formula is C22H19N3O2. The lowest BCUT2D eigenvalue weighted by molar-refractivity contribution is 0.399. The number of nitrogens with zero attached hydrogens (tertiary/aromatic N) is 3. The number of methoxy groups -OCH3 is 2. The minimum Gasteiger partial charge on any atom is -0.497 e.